The Balaban J connectivity index is 2.15. The van der Waals surface area contributed by atoms with Crippen LogP contribution in [0.3, 0.4) is 0 Å². The van der Waals surface area contributed by atoms with Crippen LogP contribution >= 0.6 is 23.2 Å². The zero-order valence-corrected chi connectivity index (χ0v) is 11.4. The van der Waals surface area contributed by atoms with E-state index >= 15 is 0 Å². The largest absolute Gasteiger partial charge is 0.354 e. The van der Waals surface area contributed by atoms with Gasteiger partial charge >= 0.3 is 0 Å². The fourth-order valence-corrected chi connectivity index (χ4v) is 2.56. The van der Waals surface area contributed by atoms with Gasteiger partial charge in [-0.1, -0.05) is 18.5 Å². The lowest BCUT2D eigenvalue weighted by Crippen LogP contribution is -2.46. The predicted molar refractivity (Wildman–Crippen MR) is 70.9 cm³/mol. The Hall–Kier alpha value is -0.580. The minimum absolute atomic E-state index is 0.350. The quantitative estimate of drug-likeness (QED) is 0.624. The first-order chi connectivity index (χ1) is 8.26. The highest BCUT2D eigenvalue weighted by Crippen LogP contribution is 2.25. The molecule has 1 aromatic rings. The van der Waals surface area contributed by atoms with Crippen LogP contribution in [-0.4, -0.2) is 47.6 Å². The Labute approximate surface area is 112 Å². The van der Waals surface area contributed by atoms with E-state index in [1.165, 1.54) is 6.33 Å². The number of hydrogen-bond donors (Lipinski definition) is 0. The van der Waals surface area contributed by atoms with Crippen molar-refractivity contribution in [2.75, 3.05) is 37.6 Å². The smallest absolute Gasteiger partial charge is 0.138 e. The molecule has 0 bridgehead atoms. The van der Waals surface area contributed by atoms with Crippen molar-refractivity contribution in [1.82, 2.24) is 14.9 Å². The predicted octanol–water partition coefficient (Wildman–Crippen LogP) is 2.01. The van der Waals surface area contributed by atoms with Gasteiger partial charge in [0.2, 0.25) is 0 Å². The van der Waals surface area contributed by atoms with E-state index in [4.69, 9.17) is 23.2 Å². The maximum Gasteiger partial charge on any atom is 0.138 e. The first kappa shape index (κ1) is 12.9. The van der Waals surface area contributed by atoms with Crippen molar-refractivity contribution in [2.45, 2.75) is 12.8 Å². The fraction of sp³-hybridized carbons (Fsp3) is 0.636. The highest BCUT2D eigenvalue weighted by molar-refractivity contribution is 6.31. The molecule has 6 heteroatoms. The van der Waals surface area contributed by atoms with Crippen LogP contribution in [0.15, 0.2) is 6.33 Å². The molecule has 0 aromatic carbocycles. The van der Waals surface area contributed by atoms with Crippen LogP contribution in [-0.2, 0) is 5.88 Å². The molecule has 2 heterocycles. The Morgan fingerprint density at radius 3 is 2.53 bits per heavy atom. The summed E-state index contributed by atoms with van der Waals surface area (Å²) in [5.74, 6) is 1.24. The molecule has 0 atom stereocenters. The summed E-state index contributed by atoms with van der Waals surface area (Å²) in [4.78, 5) is 12.9. The molecule has 0 unspecified atom stereocenters. The molecule has 0 aliphatic carbocycles. The average molecular weight is 275 g/mol. The highest BCUT2D eigenvalue weighted by atomic mass is 35.5. The van der Waals surface area contributed by atoms with Crippen LogP contribution in [0.1, 0.15) is 12.5 Å². The molecule has 1 aromatic heterocycles. The number of hydrogen-bond acceptors (Lipinski definition) is 4. The molecule has 4 nitrogen and oxygen atoms in total. The SMILES string of the molecule is CCN1CCN(c2ncnc(Cl)c2CCl)CC1. The topological polar surface area (TPSA) is 32.3 Å². The van der Waals surface area contributed by atoms with Gasteiger partial charge in [0.25, 0.3) is 0 Å². The van der Waals surface area contributed by atoms with Gasteiger partial charge in [0.15, 0.2) is 0 Å². The molecule has 1 fully saturated rings. The van der Waals surface area contributed by atoms with Crippen molar-refractivity contribution in [3.63, 3.8) is 0 Å². The Morgan fingerprint density at radius 1 is 1.24 bits per heavy atom. The molecule has 1 aliphatic rings. The number of aromatic nitrogens is 2. The second-order valence-electron chi connectivity index (χ2n) is 4.02. The van der Waals surface area contributed by atoms with Crippen molar-refractivity contribution < 1.29 is 0 Å². The van der Waals surface area contributed by atoms with Crippen molar-refractivity contribution in [2.24, 2.45) is 0 Å². The van der Waals surface area contributed by atoms with E-state index in [0.717, 1.165) is 44.1 Å². The van der Waals surface area contributed by atoms with Gasteiger partial charge in [-0.15, -0.1) is 11.6 Å². The first-order valence-electron chi connectivity index (χ1n) is 5.79. The third-order valence-corrected chi connectivity index (χ3v) is 3.72. The van der Waals surface area contributed by atoms with E-state index in [0.29, 0.717) is 11.0 Å². The van der Waals surface area contributed by atoms with Gasteiger partial charge in [-0.25, -0.2) is 9.97 Å². The molecule has 0 spiro atoms. The molecular weight excluding hydrogens is 259 g/mol. The fourth-order valence-electron chi connectivity index (χ4n) is 2.05. The van der Waals surface area contributed by atoms with E-state index < -0.39 is 0 Å². The second kappa shape index (κ2) is 5.85. The number of halogens is 2. The summed E-state index contributed by atoms with van der Waals surface area (Å²) in [6, 6.07) is 0. The van der Waals surface area contributed by atoms with E-state index in [9.17, 15) is 0 Å². The first-order valence-corrected chi connectivity index (χ1v) is 6.70. The summed E-state index contributed by atoms with van der Waals surface area (Å²) in [6.45, 7) is 7.32. The van der Waals surface area contributed by atoms with Gasteiger partial charge in [0, 0.05) is 31.7 Å². The molecule has 0 saturated carbocycles. The van der Waals surface area contributed by atoms with E-state index in [-0.39, 0.29) is 0 Å². The number of anilines is 1. The van der Waals surface area contributed by atoms with E-state index in [1.54, 1.807) is 0 Å². The summed E-state index contributed by atoms with van der Waals surface area (Å²) in [5, 5.41) is 0.461. The van der Waals surface area contributed by atoms with E-state index in [2.05, 4.69) is 26.7 Å². The van der Waals surface area contributed by atoms with Gasteiger partial charge in [0.1, 0.15) is 17.3 Å². The van der Waals surface area contributed by atoms with Crippen LogP contribution in [0.5, 0.6) is 0 Å². The number of likely N-dealkylation sites (N-methyl/N-ethyl adjacent to an activating group) is 1. The zero-order valence-electron chi connectivity index (χ0n) is 9.86. The number of rotatable bonds is 3. The van der Waals surface area contributed by atoms with Crippen molar-refractivity contribution >= 4 is 29.0 Å². The van der Waals surface area contributed by atoms with Crippen LogP contribution in [0, 0.1) is 0 Å². The van der Waals surface area contributed by atoms with Crippen LogP contribution in [0.2, 0.25) is 5.15 Å². The molecule has 94 valence electrons. The van der Waals surface area contributed by atoms with Crippen molar-refractivity contribution in [3.05, 3.63) is 17.0 Å². The van der Waals surface area contributed by atoms with Crippen LogP contribution in [0.4, 0.5) is 5.82 Å². The van der Waals surface area contributed by atoms with Gasteiger partial charge in [-0.05, 0) is 6.54 Å². The molecule has 1 saturated heterocycles. The Morgan fingerprint density at radius 2 is 1.94 bits per heavy atom. The molecule has 0 N–H and O–H groups in total. The lowest BCUT2D eigenvalue weighted by molar-refractivity contribution is 0.270. The molecular formula is C11H16Cl2N4. The normalized spacial score (nSPS) is 17.5. The Bertz CT molecular complexity index is 378. The van der Waals surface area contributed by atoms with Crippen molar-refractivity contribution in [3.8, 4) is 0 Å². The minimum atomic E-state index is 0.350. The Kier molecular flexibility index (Phi) is 4.42. The summed E-state index contributed by atoms with van der Waals surface area (Å²) >= 11 is 11.9. The number of alkyl halides is 1. The zero-order chi connectivity index (χ0) is 12.3. The summed E-state index contributed by atoms with van der Waals surface area (Å²) < 4.78 is 0. The number of nitrogens with zero attached hydrogens (tertiary/aromatic N) is 4. The minimum Gasteiger partial charge on any atom is -0.354 e. The van der Waals surface area contributed by atoms with Gasteiger partial charge in [0.05, 0.1) is 5.88 Å². The third kappa shape index (κ3) is 2.81. The third-order valence-electron chi connectivity index (χ3n) is 3.12. The van der Waals surface area contributed by atoms with Crippen LogP contribution < -0.4 is 4.90 Å². The molecule has 2 rings (SSSR count). The second-order valence-corrected chi connectivity index (χ2v) is 4.65. The summed E-state index contributed by atoms with van der Waals surface area (Å²) in [7, 11) is 0. The standard InChI is InChI=1S/C11H16Cl2N4/c1-2-16-3-5-17(6-4-16)11-9(7-12)10(13)14-8-15-11/h8H,2-7H2,1H3. The van der Waals surface area contributed by atoms with Gasteiger partial charge in [-0.3, -0.25) is 0 Å². The molecule has 17 heavy (non-hydrogen) atoms. The van der Waals surface area contributed by atoms with Gasteiger partial charge in [-0.2, -0.15) is 0 Å². The summed E-state index contributed by atoms with van der Waals surface area (Å²) in [6.07, 6.45) is 1.50. The molecule has 1 aliphatic heterocycles. The lowest BCUT2D eigenvalue weighted by Gasteiger charge is -2.35. The van der Waals surface area contributed by atoms with Gasteiger partial charge < -0.3 is 9.80 Å². The number of piperazine rings is 1. The van der Waals surface area contributed by atoms with Crippen molar-refractivity contribution in [1.29, 1.82) is 0 Å². The van der Waals surface area contributed by atoms with E-state index in [1.807, 2.05) is 0 Å². The average Bonchev–Trinajstić information content (AvgIpc) is 2.38. The maximum absolute atomic E-state index is 6.03. The molecule has 0 amide bonds. The lowest BCUT2D eigenvalue weighted by atomic mass is 10.2. The monoisotopic (exact) mass is 274 g/mol. The van der Waals surface area contributed by atoms with Crippen LogP contribution in [0.25, 0.3) is 0 Å². The summed E-state index contributed by atoms with van der Waals surface area (Å²) in [5.41, 5.74) is 0.834. The maximum atomic E-state index is 6.03. The highest BCUT2D eigenvalue weighted by Gasteiger charge is 2.20. The molecule has 0 radical (unpaired) electrons.